The van der Waals surface area contributed by atoms with E-state index in [-0.39, 0.29) is 17.4 Å². The number of amides is 1. The zero-order valence-electron chi connectivity index (χ0n) is 10.8. The van der Waals surface area contributed by atoms with Crippen LogP contribution < -0.4 is 5.73 Å². The molecule has 15 heavy (non-hydrogen) atoms. The smallest absolute Gasteiger partial charge is 0.222 e. The van der Waals surface area contributed by atoms with Crippen molar-refractivity contribution in [1.82, 2.24) is 4.90 Å². The molecule has 0 aromatic rings. The van der Waals surface area contributed by atoms with Gasteiger partial charge in [-0.3, -0.25) is 4.79 Å². The normalized spacial score (nSPS) is 13.7. The number of hydrogen-bond donors (Lipinski definition) is 1. The van der Waals surface area contributed by atoms with E-state index in [1.807, 2.05) is 18.9 Å². The molecule has 0 aromatic heterocycles. The van der Waals surface area contributed by atoms with Gasteiger partial charge >= 0.3 is 0 Å². The molecule has 0 heterocycles. The molecule has 0 saturated carbocycles. The van der Waals surface area contributed by atoms with Gasteiger partial charge in [0.05, 0.1) is 0 Å². The molecule has 0 radical (unpaired) electrons. The predicted molar refractivity (Wildman–Crippen MR) is 64.6 cm³/mol. The van der Waals surface area contributed by atoms with E-state index in [4.69, 9.17) is 5.73 Å². The third-order valence-corrected chi connectivity index (χ3v) is 2.19. The van der Waals surface area contributed by atoms with Gasteiger partial charge in [-0.2, -0.15) is 0 Å². The van der Waals surface area contributed by atoms with Gasteiger partial charge in [-0.25, -0.2) is 0 Å². The van der Waals surface area contributed by atoms with E-state index in [1.54, 1.807) is 0 Å². The molecule has 1 amide bonds. The van der Waals surface area contributed by atoms with E-state index >= 15 is 0 Å². The summed E-state index contributed by atoms with van der Waals surface area (Å²) in [7, 11) is 1.87. The van der Waals surface area contributed by atoms with Crippen LogP contribution in [0, 0.1) is 5.41 Å². The zero-order chi connectivity index (χ0) is 12.1. The number of carbonyl (C=O) groups excluding carboxylic acids is 1. The summed E-state index contributed by atoms with van der Waals surface area (Å²) in [5, 5.41) is 0. The Labute approximate surface area is 94.0 Å². The monoisotopic (exact) mass is 214 g/mol. The van der Waals surface area contributed by atoms with Crippen LogP contribution in [-0.4, -0.2) is 30.4 Å². The van der Waals surface area contributed by atoms with Crippen LogP contribution in [0.5, 0.6) is 0 Å². The maximum atomic E-state index is 11.7. The Morgan fingerprint density at radius 1 is 1.40 bits per heavy atom. The highest BCUT2D eigenvalue weighted by molar-refractivity contribution is 5.75. The molecule has 90 valence electrons. The van der Waals surface area contributed by atoms with Gasteiger partial charge in [-0.05, 0) is 25.2 Å². The molecule has 0 spiro atoms. The molecule has 3 heteroatoms. The minimum Gasteiger partial charge on any atom is -0.345 e. The Kier molecular flexibility index (Phi) is 5.88. The van der Waals surface area contributed by atoms with Gasteiger partial charge in [0.2, 0.25) is 5.91 Å². The van der Waals surface area contributed by atoms with E-state index in [2.05, 4.69) is 20.8 Å². The molecule has 1 atom stereocenters. The molecule has 0 rings (SSSR count). The Morgan fingerprint density at radius 2 is 1.93 bits per heavy atom. The fraction of sp³-hybridized carbons (Fsp3) is 0.917. The minimum absolute atomic E-state index is 0.172. The summed E-state index contributed by atoms with van der Waals surface area (Å²) >= 11 is 0. The largest absolute Gasteiger partial charge is 0.345 e. The molecule has 3 nitrogen and oxygen atoms in total. The lowest BCUT2D eigenvalue weighted by atomic mass is 9.96. The van der Waals surface area contributed by atoms with Crippen molar-refractivity contribution in [2.45, 2.75) is 53.0 Å². The van der Waals surface area contributed by atoms with Crippen LogP contribution in [0.2, 0.25) is 0 Å². The number of rotatable bonds is 5. The molecule has 0 saturated heterocycles. The highest BCUT2D eigenvalue weighted by atomic mass is 16.2. The molecule has 1 unspecified atom stereocenters. The van der Waals surface area contributed by atoms with Crippen LogP contribution in [0.1, 0.15) is 47.0 Å². The quantitative estimate of drug-likeness (QED) is 0.761. The summed E-state index contributed by atoms with van der Waals surface area (Å²) in [6, 6.07) is 0.200. The van der Waals surface area contributed by atoms with E-state index in [0.29, 0.717) is 6.42 Å². The molecule has 0 aliphatic heterocycles. The summed E-state index contributed by atoms with van der Waals surface area (Å²) in [6.07, 6.45) is 2.44. The van der Waals surface area contributed by atoms with Crippen molar-refractivity contribution in [2.24, 2.45) is 11.1 Å². The maximum Gasteiger partial charge on any atom is 0.222 e. The van der Waals surface area contributed by atoms with Crippen molar-refractivity contribution in [3.05, 3.63) is 0 Å². The minimum atomic E-state index is 0.172. The first kappa shape index (κ1) is 14.4. The summed E-state index contributed by atoms with van der Waals surface area (Å²) in [5.41, 5.74) is 5.80. The second-order valence-electron chi connectivity index (χ2n) is 5.68. The topological polar surface area (TPSA) is 46.3 Å². The van der Waals surface area contributed by atoms with Crippen LogP contribution >= 0.6 is 0 Å². The molecule has 0 fully saturated rings. The summed E-state index contributed by atoms with van der Waals surface area (Å²) in [4.78, 5) is 13.5. The van der Waals surface area contributed by atoms with E-state index in [9.17, 15) is 4.79 Å². The number of carbonyl (C=O) groups is 1. The first-order valence-electron chi connectivity index (χ1n) is 5.72. The molecule has 0 bridgehead atoms. The highest BCUT2D eigenvalue weighted by Gasteiger charge is 2.17. The average molecular weight is 214 g/mol. The van der Waals surface area contributed by atoms with Crippen molar-refractivity contribution in [3.8, 4) is 0 Å². The highest BCUT2D eigenvalue weighted by Crippen LogP contribution is 2.15. The number of nitrogens with two attached hydrogens (primary N) is 1. The Bertz CT molecular complexity index is 194. The summed E-state index contributed by atoms with van der Waals surface area (Å²) in [6.45, 7) is 9.20. The van der Waals surface area contributed by atoms with E-state index in [1.165, 1.54) is 0 Å². The van der Waals surface area contributed by atoms with Gasteiger partial charge in [-0.15, -0.1) is 0 Å². The molecule has 0 aliphatic rings. The second-order valence-corrected chi connectivity index (χ2v) is 5.68. The number of hydrogen-bond acceptors (Lipinski definition) is 2. The van der Waals surface area contributed by atoms with E-state index in [0.717, 1.165) is 19.4 Å². The van der Waals surface area contributed by atoms with Crippen molar-refractivity contribution in [1.29, 1.82) is 0 Å². The molecule has 2 N–H and O–H groups in total. The van der Waals surface area contributed by atoms with Gasteiger partial charge in [0, 0.05) is 26.1 Å². The van der Waals surface area contributed by atoms with Gasteiger partial charge < -0.3 is 10.6 Å². The fourth-order valence-corrected chi connectivity index (χ4v) is 1.57. The molecular weight excluding hydrogens is 188 g/mol. The Balaban J connectivity index is 3.80. The fourth-order valence-electron chi connectivity index (χ4n) is 1.57. The van der Waals surface area contributed by atoms with Crippen molar-refractivity contribution < 1.29 is 4.79 Å². The van der Waals surface area contributed by atoms with Gasteiger partial charge in [0.25, 0.3) is 0 Å². The first-order chi connectivity index (χ1) is 6.72. The van der Waals surface area contributed by atoms with Crippen molar-refractivity contribution in [3.63, 3.8) is 0 Å². The second kappa shape index (κ2) is 6.11. The third-order valence-electron chi connectivity index (χ3n) is 2.19. The van der Waals surface area contributed by atoms with Crippen LogP contribution in [0.25, 0.3) is 0 Å². The van der Waals surface area contributed by atoms with Gasteiger partial charge in [0.1, 0.15) is 0 Å². The average Bonchev–Trinajstić information content (AvgIpc) is 1.99. The summed E-state index contributed by atoms with van der Waals surface area (Å²) < 4.78 is 0. The maximum absolute atomic E-state index is 11.7. The van der Waals surface area contributed by atoms with Gasteiger partial charge in [-0.1, -0.05) is 20.8 Å². The lowest BCUT2D eigenvalue weighted by Crippen LogP contribution is -2.34. The Hall–Kier alpha value is -0.570. The lowest BCUT2D eigenvalue weighted by molar-refractivity contribution is -0.131. The van der Waals surface area contributed by atoms with Crippen LogP contribution in [-0.2, 0) is 4.79 Å². The van der Waals surface area contributed by atoms with Crippen LogP contribution in [0.15, 0.2) is 0 Å². The van der Waals surface area contributed by atoms with Crippen LogP contribution in [0.3, 0.4) is 0 Å². The van der Waals surface area contributed by atoms with Crippen molar-refractivity contribution in [2.75, 3.05) is 13.6 Å². The molecular formula is C12H26N2O. The van der Waals surface area contributed by atoms with Gasteiger partial charge in [0.15, 0.2) is 0 Å². The molecule has 0 aromatic carbocycles. The number of nitrogens with zero attached hydrogens (tertiary/aromatic N) is 1. The SMILES string of the molecule is CC(N)CCCC(=O)N(C)CC(C)(C)C. The van der Waals surface area contributed by atoms with Crippen molar-refractivity contribution >= 4 is 5.91 Å². The van der Waals surface area contributed by atoms with Crippen LogP contribution in [0.4, 0.5) is 0 Å². The summed E-state index contributed by atoms with van der Waals surface area (Å²) in [5.74, 6) is 0.227. The van der Waals surface area contributed by atoms with E-state index < -0.39 is 0 Å². The molecule has 0 aliphatic carbocycles. The Morgan fingerprint density at radius 3 is 2.33 bits per heavy atom. The lowest BCUT2D eigenvalue weighted by Gasteiger charge is -2.26. The predicted octanol–water partition coefficient (Wildman–Crippen LogP) is 2.01. The third kappa shape index (κ3) is 8.43. The first-order valence-corrected chi connectivity index (χ1v) is 5.72. The zero-order valence-corrected chi connectivity index (χ0v) is 10.8. The standard InChI is InChI=1S/C12H26N2O/c1-10(13)7-6-8-11(15)14(5)9-12(2,3)4/h10H,6-9,13H2,1-5H3.